The van der Waals surface area contributed by atoms with E-state index in [1.54, 1.807) is 0 Å². The molecule has 7 N–H and O–H groups in total. The minimum atomic E-state index is -1.45. The number of piperidine rings is 1. The van der Waals surface area contributed by atoms with E-state index in [2.05, 4.69) is 10.3 Å². The maximum atomic E-state index is 12.2. The second kappa shape index (κ2) is 6.02. The Morgan fingerprint density at radius 3 is 2.55 bits per heavy atom. The van der Waals surface area contributed by atoms with E-state index < -0.39 is 43.0 Å². The zero-order chi connectivity index (χ0) is 14.9. The number of fused-ring (bicyclic) bond motifs is 1. The van der Waals surface area contributed by atoms with Gasteiger partial charge in [0, 0.05) is 6.54 Å². The molecule has 0 radical (unpaired) electrons. The Kier molecular flexibility index (Phi) is 4.55. The van der Waals surface area contributed by atoms with Gasteiger partial charge < -0.3 is 36.4 Å². The molecular weight excluding hydrogens is 268 g/mol. The van der Waals surface area contributed by atoms with Crippen molar-refractivity contribution in [3.8, 4) is 0 Å². The van der Waals surface area contributed by atoms with Crippen LogP contribution >= 0.6 is 0 Å². The molecule has 20 heavy (non-hydrogen) atoms. The third kappa shape index (κ3) is 2.38. The van der Waals surface area contributed by atoms with Crippen molar-refractivity contribution < 1.29 is 25.2 Å². The number of aliphatic hydroxyl groups is 4. The molecule has 0 aromatic heterocycles. The van der Waals surface area contributed by atoms with Crippen molar-refractivity contribution in [2.45, 2.75) is 36.9 Å². The van der Waals surface area contributed by atoms with Gasteiger partial charge >= 0.3 is 0 Å². The van der Waals surface area contributed by atoms with Crippen molar-refractivity contribution in [1.82, 2.24) is 10.2 Å². The number of hydrogen-bond donors (Lipinski definition) is 6. The topological polar surface area (TPSA) is 152 Å². The Labute approximate surface area is 115 Å². The van der Waals surface area contributed by atoms with Crippen LogP contribution in [0.3, 0.4) is 0 Å². The Hall–Kier alpha value is -1.26. The lowest BCUT2D eigenvalue weighted by molar-refractivity contribution is -0.174. The average Bonchev–Trinajstić information content (AvgIpc) is 2.76. The lowest BCUT2D eigenvalue weighted by atomic mass is 9.92. The number of nitrogens with zero attached hydrogens (tertiary/aromatic N) is 2. The van der Waals surface area contributed by atoms with Gasteiger partial charge in [-0.2, -0.15) is 0 Å². The molecule has 0 aliphatic carbocycles. The van der Waals surface area contributed by atoms with Gasteiger partial charge in [-0.15, -0.1) is 0 Å². The van der Waals surface area contributed by atoms with Gasteiger partial charge in [-0.25, -0.2) is 0 Å². The Balaban J connectivity index is 2.22. The van der Waals surface area contributed by atoms with Gasteiger partial charge in [0.05, 0.1) is 12.6 Å². The first-order valence-electron chi connectivity index (χ1n) is 6.51. The van der Waals surface area contributed by atoms with Gasteiger partial charge in [-0.05, 0) is 13.0 Å². The predicted molar refractivity (Wildman–Crippen MR) is 68.6 cm³/mol. The molecular formula is C11H20N4O5. The zero-order valence-corrected chi connectivity index (χ0v) is 10.9. The summed E-state index contributed by atoms with van der Waals surface area (Å²) in [6, 6.07) is -0.986. The van der Waals surface area contributed by atoms with Gasteiger partial charge in [0.25, 0.3) is 5.91 Å². The van der Waals surface area contributed by atoms with Crippen LogP contribution in [0.4, 0.5) is 0 Å². The maximum absolute atomic E-state index is 12.2. The van der Waals surface area contributed by atoms with Crippen molar-refractivity contribution >= 4 is 11.7 Å². The van der Waals surface area contributed by atoms with Crippen LogP contribution in [0.15, 0.2) is 4.99 Å². The number of nitrogens with two attached hydrogens (primary N) is 1. The van der Waals surface area contributed by atoms with Crippen molar-refractivity contribution in [2.24, 2.45) is 10.7 Å². The van der Waals surface area contributed by atoms with E-state index in [9.17, 15) is 25.2 Å². The number of nitrogens with one attached hydrogen (secondary N) is 1. The van der Waals surface area contributed by atoms with Crippen LogP contribution in [0.25, 0.3) is 0 Å². The van der Waals surface area contributed by atoms with Crippen molar-refractivity contribution in [3.63, 3.8) is 0 Å². The minimum Gasteiger partial charge on any atom is -0.394 e. The summed E-state index contributed by atoms with van der Waals surface area (Å²) in [7, 11) is 0. The smallest absolute Gasteiger partial charge is 0.291 e. The summed E-state index contributed by atoms with van der Waals surface area (Å²) in [5, 5.41) is 41.5. The van der Waals surface area contributed by atoms with Crippen LogP contribution in [-0.2, 0) is 4.79 Å². The Bertz CT molecular complexity index is 404. The first-order valence-corrected chi connectivity index (χ1v) is 6.51. The number of rotatable bonds is 4. The number of aliphatic imine (C=N–C) groups is 1. The highest BCUT2D eigenvalue weighted by Gasteiger charge is 2.54. The zero-order valence-electron chi connectivity index (χ0n) is 10.9. The summed E-state index contributed by atoms with van der Waals surface area (Å²) in [5.41, 5.74) is 5.34. The summed E-state index contributed by atoms with van der Waals surface area (Å²) < 4.78 is 0. The molecule has 9 heteroatoms. The van der Waals surface area contributed by atoms with Gasteiger partial charge in [-0.1, -0.05) is 0 Å². The summed E-state index contributed by atoms with van der Waals surface area (Å²) >= 11 is 0. The SMILES string of the molecule is NCCCN=C1N[C@@H]2[C@@H](O)[C@@H](O)[C@H](O)[C@@H](CO)N2C1=O. The fraction of sp³-hybridized carbons (Fsp3) is 0.818. The van der Waals surface area contributed by atoms with Crippen LogP contribution in [0.2, 0.25) is 0 Å². The summed E-state index contributed by atoms with van der Waals surface area (Å²) in [6.07, 6.45) is -4.52. The number of carbonyl (C=O) groups is 1. The molecule has 9 nitrogen and oxygen atoms in total. The van der Waals surface area contributed by atoms with Crippen molar-refractivity contribution in [2.75, 3.05) is 19.7 Å². The van der Waals surface area contributed by atoms with Crippen LogP contribution in [0.1, 0.15) is 6.42 Å². The number of amides is 1. The van der Waals surface area contributed by atoms with E-state index in [4.69, 9.17) is 5.73 Å². The van der Waals surface area contributed by atoms with E-state index in [0.717, 1.165) is 4.90 Å². The number of aliphatic hydroxyl groups excluding tert-OH is 4. The highest BCUT2D eigenvalue weighted by Crippen LogP contribution is 2.26. The fourth-order valence-electron chi connectivity index (χ4n) is 2.50. The summed E-state index contributed by atoms with van der Waals surface area (Å²) in [6.45, 7) is 0.276. The normalized spacial score (nSPS) is 39.0. The van der Waals surface area contributed by atoms with Crippen molar-refractivity contribution in [1.29, 1.82) is 0 Å². The molecule has 0 saturated carbocycles. The first-order chi connectivity index (χ1) is 9.52. The maximum Gasteiger partial charge on any atom is 0.291 e. The predicted octanol–water partition coefficient (Wildman–Crippen LogP) is -4.05. The van der Waals surface area contributed by atoms with E-state index in [-0.39, 0.29) is 5.84 Å². The molecule has 0 bridgehead atoms. The molecule has 2 saturated heterocycles. The molecule has 0 aromatic carbocycles. The fourth-order valence-corrected chi connectivity index (χ4v) is 2.50. The molecule has 0 unspecified atom stereocenters. The monoisotopic (exact) mass is 288 g/mol. The number of amidine groups is 1. The molecule has 2 fully saturated rings. The molecule has 2 heterocycles. The second-order valence-corrected chi connectivity index (χ2v) is 4.90. The highest BCUT2D eigenvalue weighted by molar-refractivity contribution is 6.39. The first kappa shape index (κ1) is 15.1. The lowest BCUT2D eigenvalue weighted by Crippen LogP contribution is -2.68. The van der Waals surface area contributed by atoms with Gasteiger partial charge in [0.1, 0.15) is 24.5 Å². The van der Waals surface area contributed by atoms with Crippen molar-refractivity contribution in [3.05, 3.63) is 0 Å². The van der Waals surface area contributed by atoms with E-state index >= 15 is 0 Å². The number of hydrogen-bond acceptors (Lipinski definition) is 7. The quantitative estimate of drug-likeness (QED) is 0.288. The van der Waals surface area contributed by atoms with E-state index in [0.29, 0.717) is 19.5 Å². The molecule has 5 atom stereocenters. The van der Waals surface area contributed by atoms with Gasteiger partial charge in [-0.3, -0.25) is 9.79 Å². The molecule has 0 aromatic rings. The van der Waals surface area contributed by atoms with E-state index in [1.807, 2.05) is 0 Å². The molecule has 1 amide bonds. The largest absolute Gasteiger partial charge is 0.394 e. The third-order valence-electron chi connectivity index (χ3n) is 3.62. The molecule has 2 rings (SSSR count). The second-order valence-electron chi connectivity index (χ2n) is 4.90. The molecule has 2 aliphatic rings. The van der Waals surface area contributed by atoms with Crippen LogP contribution in [-0.4, -0.2) is 87.3 Å². The van der Waals surface area contributed by atoms with Gasteiger partial charge in [0.15, 0.2) is 5.84 Å². The lowest BCUT2D eigenvalue weighted by Gasteiger charge is -2.44. The van der Waals surface area contributed by atoms with Crippen LogP contribution in [0.5, 0.6) is 0 Å². The average molecular weight is 288 g/mol. The number of carbonyl (C=O) groups excluding carboxylic acids is 1. The molecule has 2 aliphatic heterocycles. The Morgan fingerprint density at radius 1 is 1.25 bits per heavy atom. The standard InChI is InChI=1S/C11H20N4O5/c12-2-1-3-13-9-11(20)15-5(4-16)6(17)7(18)8(19)10(15)14-9/h5-8,10,16-19H,1-4,12H2,(H,13,14)/t5-,6-,7+,8+,10+/m1/s1. The van der Waals surface area contributed by atoms with Crippen LogP contribution < -0.4 is 11.1 Å². The molecule has 0 spiro atoms. The molecule has 114 valence electrons. The summed E-state index contributed by atoms with van der Waals surface area (Å²) in [4.78, 5) is 17.4. The third-order valence-corrected chi connectivity index (χ3v) is 3.62. The Morgan fingerprint density at radius 2 is 1.95 bits per heavy atom. The van der Waals surface area contributed by atoms with Gasteiger partial charge in [0.2, 0.25) is 0 Å². The highest BCUT2D eigenvalue weighted by atomic mass is 16.4. The summed E-state index contributed by atoms with van der Waals surface area (Å²) in [5.74, 6) is -0.474. The minimum absolute atomic E-state index is 0.0438. The van der Waals surface area contributed by atoms with Crippen LogP contribution in [0, 0.1) is 0 Å². The van der Waals surface area contributed by atoms with E-state index in [1.165, 1.54) is 0 Å².